The van der Waals surface area contributed by atoms with Crippen molar-refractivity contribution in [2.75, 3.05) is 38.8 Å². The summed E-state index contributed by atoms with van der Waals surface area (Å²) in [4.78, 5) is 15.2. The maximum absolute atomic E-state index is 13.5. The standard InChI is InChI=1S/C20H25N3O5S2/c1-21(2)30(27,28)17-10-11-18-16(14-17)12-13-23(18)20(24)19(22(3)29(4,25)26)15-8-6-5-7-9-15/h5-11,14,19H,12-13H2,1-4H3/t19-/m0/s1. The van der Waals surface area contributed by atoms with Crippen molar-refractivity contribution in [2.45, 2.75) is 17.4 Å². The molecule has 2 aromatic carbocycles. The molecule has 2 aromatic rings. The van der Waals surface area contributed by atoms with Crippen molar-refractivity contribution in [3.05, 3.63) is 59.7 Å². The van der Waals surface area contributed by atoms with E-state index in [9.17, 15) is 21.6 Å². The molecule has 1 heterocycles. The van der Waals surface area contributed by atoms with Crippen LogP contribution in [0, 0.1) is 0 Å². The number of hydrogen-bond donors (Lipinski definition) is 0. The molecule has 0 spiro atoms. The van der Waals surface area contributed by atoms with Crippen LogP contribution < -0.4 is 4.90 Å². The third-order valence-electron chi connectivity index (χ3n) is 5.23. The summed E-state index contributed by atoms with van der Waals surface area (Å²) in [5, 5.41) is 0. The number of benzene rings is 2. The average molecular weight is 452 g/mol. The average Bonchev–Trinajstić information content (AvgIpc) is 3.11. The number of likely N-dealkylation sites (N-methyl/N-ethyl adjacent to an activating group) is 1. The fourth-order valence-corrected chi connectivity index (χ4v) is 5.01. The smallest absolute Gasteiger partial charge is 0.249 e. The molecule has 0 radical (unpaired) electrons. The van der Waals surface area contributed by atoms with E-state index in [2.05, 4.69) is 0 Å². The fourth-order valence-electron chi connectivity index (χ4n) is 3.46. The number of nitrogens with zero attached hydrogens (tertiary/aromatic N) is 3. The first kappa shape index (κ1) is 22.4. The maximum Gasteiger partial charge on any atom is 0.249 e. The van der Waals surface area contributed by atoms with Gasteiger partial charge >= 0.3 is 0 Å². The van der Waals surface area contributed by atoms with Crippen molar-refractivity contribution in [3.63, 3.8) is 0 Å². The summed E-state index contributed by atoms with van der Waals surface area (Å²) in [5.74, 6) is -0.379. The lowest BCUT2D eigenvalue weighted by atomic mass is 10.1. The van der Waals surface area contributed by atoms with Gasteiger partial charge in [0, 0.05) is 33.4 Å². The van der Waals surface area contributed by atoms with Gasteiger partial charge in [-0.25, -0.2) is 21.1 Å². The van der Waals surface area contributed by atoms with E-state index in [0.717, 1.165) is 20.4 Å². The molecule has 0 fully saturated rings. The number of carbonyl (C=O) groups is 1. The van der Waals surface area contributed by atoms with E-state index >= 15 is 0 Å². The lowest BCUT2D eigenvalue weighted by Gasteiger charge is -2.30. The van der Waals surface area contributed by atoms with Crippen molar-refractivity contribution >= 4 is 31.6 Å². The van der Waals surface area contributed by atoms with Crippen molar-refractivity contribution in [1.82, 2.24) is 8.61 Å². The quantitative estimate of drug-likeness (QED) is 0.663. The summed E-state index contributed by atoms with van der Waals surface area (Å²) in [5.41, 5.74) is 1.90. The molecule has 162 valence electrons. The van der Waals surface area contributed by atoms with E-state index in [1.165, 1.54) is 32.1 Å². The minimum absolute atomic E-state index is 0.161. The SMILES string of the molecule is CN([C@H](C(=O)N1CCc2cc(S(=O)(=O)N(C)C)ccc21)c1ccccc1)S(C)(=O)=O. The Kier molecular flexibility index (Phi) is 6.06. The molecule has 1 atom stereocenters. The second kappa shape index (κ2) is 8.10. The summed E-state index contributed by atoms with van der Waals surface area (Å²) in [6, 6.07) is 12.4. The normalized spacial score (nSPS) is 15.5. The Bertz CT molecular complexity index is 1160. The molecule has 0 aliphatic carbocycles. The third kappa shape index (κ3) is 4.13. The van der Waals surface area contributed by atoms with Crippen LogP contribution in [0.1, 0.15) is 17.2 Å². The third-order valence-corrected chi connectivity index (χ3v) is 8.30. The predicted octanol–water partition coefficient (Wildman–Crippen LogP) is 1.46. The van der Waals surface area contributed by atoms with Crippen LogP contribution in [0.15, 0.2) is 53.4 Å². The Morgan fingerprint density at radius 1 is 1.00 bits per heavy atom. The van der Waals surface area contributed by atoms with Crippen LogP contribution in [0.3, 0.4) is 0 Å². The lowest BCUT2D eigenvalue weighted by molar-refractivity contribution is -0.122. The maximum atomic E-state index is 13.5. The largest absolute Gasteiger partial charge is 0.310 e. The Hall–Kier alpha value is -2.27. The first-order valence-corrected chi connectivity index (χ1v) is 12.6. The molecule has 1 amide bonds. The highest BCUT2D eigenvalue weighted by molar-refractivity contribution is 7.89. The van der Waals surface area contributed by atoms with Gasteiger partial charge < -0.3 is 4.90 Å². The number of fused-ring (bicyclic) bond motifs is 1. The fraction of sp³-hybridized carbons (Fsp3) is 0.350. The Labute approximate surface area is 177 Å². The van der Waals surface area contributed by atoms with Crippen molar-refractivity contribution in [3.8, 4) is 0 Å². The van der Waals surface area contributed by atoms with Crippen LogP contribution in [0.4, 0.5) is 5.69 Å². The highest BCUT2D eigenvalue weighted by Crippen LogP contribution is 2.34. The number of sulfonamides is 2. The zero-order chi connectivity index (χ0) is 22.3. The van der Waals surface area contributed by atoms with Gasteiger partial charge in [-0.1, -0.05) is 30.3 Å². The molecule has 0 saturated heterocycles. The summed E-state index contributed by atoms with van der Waals surface area (Å²) in [6.07, 6.45) is 1.55. The summed E-state index contributed by atoms with van der Waals surface area (Å²) < 4.78 is 51.5. The van der Waals surface area contributed by atoms with Gasteiger partial charge in [-0.2, -0.15) is 4.31 Å². The molecule has 3 rings (SSSR count). The molecule has 10 heteroatoms. The van der Waals surface area contributed by atoms with Gasteiger partial charge in [-0.05, 0) is 35.7 Å². The molecule has 1 aliphatic heterocycles. The second-order valence-corrected chi connectivity index (χ2v) is 11.6. The van der Waals surface area contributed by atoms with E-state index in [0.29, 0.717) is 24.2 Å². The van der Waals surface area contributed by atoms with E-state index in [4.69, 9.17) is 0 Å². The number of hydrogen-bond acceptors (Lipinski definition) is 5. The van der Waals surface area contributed by atoms with E-state index < -0.39 is 26.1 Å². The van der Waals surface area contributed by atoms with E-state index in [1.807, 2.05) is 0 Å². The first-order chi connectivity index (χ1) is 13.9. The van der Waals surface area contributed by atoms with E-state index in [1.54, 1.807) is 42.5 Å². The van der Waals surface area contributed by atoms with Crippen molar-refractivity contribution in [1.29, 1.82) is 0 Å². The molecule has 0 unspecified atom stereocenters. The summed E-state index contributed by atoms with van der Waals surface area (Å²) in [7, 11) is -2.91. The number of rotatable bonds is 6. The summed E-state index contributed by atoms with van der Waals surface area (Å²) >= 11 is 0. The highest BCUT2D eigenvalue weighted by atomic mass is 32.2. The van der Waals surface area contributed by atoms with Crippen LogP contribution in [0.5, 0.6) is 0 Å². The number of carbonyl (C=O) groups excluding carboxylic acids is 1. The zero-order valence-corrected chi connectivity index (χ0v) is 18.9. The summed E-state index contributed by atoms with van der Waals surface area (Å²) in [6.45, 7) is 0.348. The highest BCUT2D eigenvalue weighted by Gasteiger charge is 2.37. The Morgan fingerprint density at radius 3 is 2.20 bits per heavy atom. The van der Waals surface area contributed by atoms with Gasteiger partial charge in [-0.3, -0.25) is 4.79 Å². The van der Waals surface area contributed by atoms with Crippen LogP contribution in [-0.2, 0) is 31.3 Å². The van der Waals surface area contributed by atoms with Crippen molar-refractivity contribution < 1.29 is 21.6 Å². The molecule has 8 nitrogen and oxygen atoms in total. The molecule has 30 heavy (non-hydrogen) atoms. The molecule has 0 N–H and O–H groups in total. The van der Waals surface area contributed by atoms with Gasteiger partial charge in [0.15, 0.2) is 0 Å². The zero-order valence-electron chi connectivity index (χ0n) is 17.3. The lowest BCUT2D eigenvalue weighted by Crippen LogP contribution is -2.43. The molecule has 0 aromatic heterocycles. The molecule has 0 saturated carbocycles. The van der Waals surface area contributed by atoms with Crippen LogP contribution in [0.25, 0.3) is 0 Å². The molecular formula is C20H25N3O5S2. The minimum Gasteiger partial charge on any atom is -0.310 e. The van der Waals surface area contributed by atoms with Crippen LogP contribution in [0.2, 0.25) is 0 Å². The van der Waals surface area contributed by atoms with Gasteiger partial charge in [0.25, 0.3) is 0 Å². The molecule has 0 bridgehead atoms. The van der Waals surface area contributed by atoms with Crippen LogP contribution in [-0.4, -0.2) is 65.3 Å². The van der Waals surface area contributed by atoms with Gasteiger partial charge in [0.1, 0.15) is 6.04 Å². The molecule has 1 aliphatic rings. The number of amides is 1. The predicted molar refractivity (Wildman–Crippen MR) is 115 cm³/mol. The van der Waals surface area contributed by atoms with Crippen LogP contribution >= 0.6 is 0 Å². The first-order valence-electron chi connectivity index (χ1n) is 9.29. The molecular weight excluding hydrogens is 426 g/mol. The van der Waals surface area contributed by atoms with E-state index in [-0.39, 0.29) is 10.8 Å². The second-order valence-electron chi connectivity index (χ2n) is 7.41. The Balaban J connectivity index is 2.01. The Morgan fingerprint density at radius 2 is 1.63 bits per heavy atom. The number of anilines is 1. The van der Waals surface area contributed by atoms with Gasteiger partial charge in [0.2, 0.25) is 26.0 Å². The monoisotopic (exact) mass is 451 g/mol. The van der Waals surface area contributed by atoms with Gasteiger partial charge in [0.05, 0.1) is 11.2 Å². The topological polar surface area (TPSA) is 95.1 Å². The van der Waals surface area contributed by atoms with Gasteiger partial charge in [-0.15, -0.1) is 0 Å². The minimum atomic E-state index is -3.64. The van der Waals surface area contributed by atoms with Crippen molar-refractivity contribution in [2.24, 2.45) is 0 Å².